The number of hydrogen-bond donors (Lipinski definition) is 0. The molecule has 1 rings (SSSR count). The summed E-state index contributed by atoms with van der Waals surface area (Å²) in [6.07, 6.45) is -4.42. The molecule has 0 saturated heterocycles. The molecule has 0 nitrogen and oxygen atoms in total. The molecule has 0 aromatic heterocycles. The van der Waals surface area contributed by atoms with Gasteiger partial charge in [0.1, 0.15) is 0 Å². The van der Waals surface area contributed by atoms with Crippen LogP contribution in [0.4, 0.5) is 13.2 Å². The fourth-order valence-corrected chi connectivity index (χ4v) is 1.22. The van der Waals surface area contributed by atoms with Crippen LogP contribution in [0.3, 0.4) is 0 Å². The van der Waals surface area contributed by atoms with E-state index in [1.54, 1.807) is 0 Å². The van der Waals surface area contributed by atoms with Crippen LogP contribution in [-0.2, 0) is 9.97 Å². The third kappa shape index (κ3) is 2.94. The van der Waals surface area contributed by atoms with Crippen LogP contribution in [0.2, 0.25) is 0 Å². The van der Waals surface area contributed by atoms with Crippen LogP contribution >= 0.6 is 34.8 Å². The molecule has 0 fully saturated rings. The maximum absolute atomic E-state index is 12.2. The lowest BCUT2D eigenvalue weighted by Gasteiger charge is -2.13. The van der Waals surface area contributed by atoms with Crippen LogP contribution in [0, 0.1) is 0 Å². The van der Waals surface area contributed by atoms with Gasteiger partial charge >= 0.3 is 6.18 Å². The summed E-state index contributed by atoms with van der Waals surface area (Å²) in [6, 6.07) is 4.25. The summed E-state index contributed by atoms with van der Waals surface area (Å²) in [5.74, 6) is 0. The average Bonchev–Trinajstić information content (AvgIpc) is 2.01. The summed E-state index contributed by atoms with van der Waals surface area (Å²) < 4.78 is 34.8. The van der Waals surface area contributed by atoms with Crippen molar-refractivity contribution in [3.63, 3.8) is 0 Å². The van der Waals surface area contributed by atoms with Crippen molar-refractivity contribution in [3.05, 3.63) is 35.4 Å². The second-order valence-corrected chi connectivity index (χ2v) is 4.86. The topological polar surface area (TPSA) is 0 Å². The highest BCUT2D eigenvalue weighted by molar-refractivity contribution is 6.66. The van der Waals surface area contributed by atoms with Gasteiger partial charge in [0, 0.05) is 5.56 Å². The molecule has 78 valence electrons. The Hall–Kier alpha value is -0.120. The van der Waals surface area contributed by atoms with Crippen LogP contribution in [0.5, 0.6) is 0 Å². The van der Waals surface area contributed by atoms with E-state index in [9.17, 15) is 13.2 Å². The summed E-state index contributed by atoms with van der Waals surface area (Å²) in [7, 11) is 0. The minimum Gasteiger partial charge on any atom is -0.166 e. The number of hydrogen-bond acceptors (Lipinski definition) is 0. The Morgan fingerprint density at radius 2 is 1.43 bits per heavy atom. The van der Waals surface area contributed by atoms with Crippen molar-refractivity contribution in [1.29, 1.82) is 0 Å². The SMILES string of the molecule is FC(F)(F)c1cccc(C(Cl)(Cl)Cl)c1. The summed E-state index contributed by atoms with van der Waals surface area (Å²) in [5.41, 5.74) is -0.835. The molecule has 1 aromatic rings. The van der Waals surface area contributed by atoms with E-state index in [0.717, 1.165) is 12.1 Å². The second kappa shape index (κ2) is 3.80. The summed E-state index contributed by atoms with van der Waals surface area (Å²) in [4.78, 5) is 0. The van der Waals surface area contributed by atoms with E-state index in [4.69, 9.17) is 34.8 Å². The van der Waals surface area contributed by atoms with E-state index < -0.39 is 15.5 Å². The molecular formula is C8H4Cl3F3. The van der Waals surface area contributed by atoms with Crippen molar-refractivity contribution >= 4 is 34.8 Å². The fourth-order valence-electron chi connectivity index (χ4n) is 0.872. The van der Waals surface area contributed by atoms with Gasteiger partial charge in [0.25, 0.3) is 0 Å². The average molecular weight is 263 g/mol. The zero-order valence-corrected chi connectivity index (χ0v) is 8.84. The maximum atomic E-state index is 12.2. The largest absolute Gasteiger partial charge is 0.416 e. The third-order valence-corrected chi connectivity index (χ3v) is 2.17. The smallest absolute Gasteiger partial charge is 0.166 e. The monoisotopic (exact) mass is 262 g/mol. The molecule has 0 bridgehead atoms. The molecule has 0 aliphatic carbocycles. The highest BCUT2D eigenvalue weighted by atomic mass is 35.6. The van der Waals surface area contributed by atoms with Gasteiger partial charge in [0.2, 0.25) is 3.79 Å². The van der Waals surface area contributed by atoms with Crippen LogP contribution in [0.1, 0.15) is 11.1 Å². The van der Waals surface area contributed by atoms with Crippen LogP contribution in [0.25, 0.3) is 0 Å². The van der Waals surface area contributed by atoms with Gasteiger partial charge < -0.3 is 0 Å². The number of benzene rings is 1. The van der Waals surface area contributed by atoms with E-state index in [0.29, 0.717) is 0 Å². The first-order valence-electron chi connectivity index (χ1n) is 3.46. The molecule has 1 aromatic carbocycles. The van der Waals surface area contributed by atoms with Crippen molar-refractivity contribution in [2.24, 2.45) is 0 Å². The molecule has 0 amide bonds. The van der Waals surface area contributed by atoms with Gasteiger partial charge in [-0.1, -0.05) is 46.9 Å². The van der Waals surface area contributed by atoms with E-state index in [2.05, 4.69) is 0 Å². The van der Waals surface area contributed by atoms with Crippen molar-refractivity contribution in [2.45, 2.75) is 9.97 Å². The highest BCUT2D eigenvalue weighted by Crippen LogP contribution is 2.40. The van der Waals surface area contributed by atoms with E-state index in [1.807, 2.05) is 0 Å². The lowest BCUT2D eigenvalue weighted by Crippen LogP contribution is -2.08. The quantitative estimate of drug-likeness (QED) is 0.603. The molecule has 0 N–H and O–H groups in total. The third-order valence-electron chi connectivity index (χ3n) is 1.52. The van der Waals surface area contributed by atoms with Crippen molar-refractivity contribution < 1.29 is 13.2 Å². The summed E-state index contributed by atoms with van der Waals surface area (Å²) in [5, 5.41) is 0. The second-order valence-electron chi connectivity index (χ2n) is 2.58. The van der Waals surface area contributed by atoms with Gasteiger partial charge in [0.05, 0.1) is 5.56 Å². The Labute approximate surface area is 93.6 Å². The standard InChI is InChI=1S/C8H4Cl3F3/c9-7(10,11)5-2-1-3-6(4-5)8(12,13)14/h1-4H. The number of halogens is 6. The first-order valence-corrected chi connectivity index (χ1v) is 4.59. The molecule has 0 aliphatic heterocycles. The minimum absolute atomic E-state index is 0.00248. The Bertz CT molecular complexity index is 298. The van der Waals surface area contributed by atoms with Crippen molar-refractivity contribution in [3.8, 4) is 0 Å². The van der Waals surface area contributed by atoms with Gasteiger partial charge in [-0.3, -0.25) is 0 Å². The molecule has 0 saturated carbocycles. The summed E-state index contributed by atoms with van der Waals surface area (Å²) in [6.45, 7) is 0. The first kappa shape index (κ1) is 12.0. The van der Waals surface area contributed by atoms with Gasteiger partial charge in [0.15, 0.2) is 0 Å². The van der Waals surface area contributed by atoms with E-state index >= 15 is 0 Å². The van der Waals surface area contributed by atoms with Crippen LogP contribution in [0.15, 0.2) is 24.3 Å². The highest BCUT2D eigenvalue weighted by Gasteiger charge is 2.32. The predicted molar refractivity (Wildman–Crippen MR) is 50.7 cm³/mol. The fraction of sp³-hybridized carbons (Fsp3) is 0.250. The Kier molecular flexibility index (Phi) is 3.24. The van der Waals surface area contributed by atoms with Crippen molar-refractivity contribution in [1.82, 2.24) is 0 Å². The van der Waals surface area contributed by atoms with Crippen molar-refractivity contribution in [2.75, 3.05) is 0 Å². The first-order chi connectivity index (χ1) is 6.21. The normalized spacial score (nSPS) is 13.0. The number of rotatable bonds is 0. The maximum Gasteiger partial charge on any atom is 0.416 e. The molecule has 0 heterocycles. The van der Waals surface area contributed by atoms with Gasteiger partial charge in [-0.05, 0) is 12.1 Å². The minimum atomic E-state index is -4.42. The molecule has 14 heavy (non-hydrogen) atoms. The lowest BCUT2D eigenvalue weighted by molar-refractivity contribution is -0.137. The zero-order valence-electron chi connectivity index (χ0n) is 6.58. The van der Waals surface area contributed by atoms with Gasteiger partial charge in [-0.25, -0.2) is 0 Å². The lowest BCUT2D eigenvalue weighted by atomic mass is 10.1. The number of alkyl halides is 6. The Morgan fingerprint density at radius 3 is 1.86 bits per heavy atom. The predicted octanol–water partition coefficient (Wildman–Crippen LogP) is 4.53. The molecule has 0 aliphatic rings. The molecule has 0 atom stereocenters. The Balaban J connectivity index is 3.15. The van der Waals surface area contributed by atoms with E-state index in [-0.39, 0.29) is 5.56 Å². The molecule has 6 heteroatoms. The molecule has 0 radical (unpaired) electrons. The molecule has 0 spiro atoms. The van der Waals surface area contributed by atoms with E-state index in [1.165, 1.54) is 12.1 Å². The van der Waals surface area contributed by atoms with Gasteiger partial charge in [-0.15, -0.1) is 0 Å². The van der Waals surface area contributed by atoms with Crippen LogP contribution < -0.4 is 0 Å². The van der Waals surface area contributed by atoms with Crippen LogP contribution in [-0.4, -0.2) is 0 Å². The molecular weight excluding hydrogens is 259 g/mol. The Morgan fingerprint density at radius 1 is 0.929 bits per heavy atom. The molecule has 0 unspecified atom stereocenters. The summed E-state index contributed by atoms with van der Waals surface area (Å²) >= 11 is 16.3. The van der Waals surface area contributed by atoms with Gasteiger partial charge in [-0.2, -0.15) is 13.2 Å². The zero-order chi connectivity index (χ0) is 11.0.